The van der Waals surface area contributed by atoms with E-state index >= 15 is 0 Å². The quantitative estimate of drug-likeness (QED) is 0.906. The van der Waals surface area contributed by atoms with Crippen LogP contribution in [0.1, 0.15) is 25.7 Å². The van der Waals surface area contributed by atoms with Crippen LogP contribution in [0.3, 0.4) is 0 Å². The fourth-order valence-corrected chi connectivity index (χ4v) is 2.69. The van der Waals surface area contributed by atoms with E-state index in [1.54, 1.807) is 12.4 Å². The van der Waals surface area contributed by atoms with Crippen LogP contribution in [-0.4, -0.2) is 35.6 Å². The number of halogens is 1. The van der Waals surface area contributed by atoms with Crippen molar-refractivity contribution in [1.82, 2.24) is 15.3 Å². The SMILES string of the molecule is Clc1cnc(N(CC2CCCNC2)C2CC2)nc1. The van der Waals surface area contributed by atoms with Gasteiger partial charge in [0.2, 0.25) is 5.95 Å². The number of nitrogens with zero attached hydrogens (tertiary/aromatic N) is 3. The summed E-state index contributed by atoms with van der Waals surface area (Å²) in [7, 11) is 0. The second kappa shape index (κ2) is 5.41. The Bertz CT molecular complexity index is 384. The van der Waals surface area contributed by atoms with Crippen LogP contribution in [0.4, 0.5) is 5.95 Å². The monoisotopic (exact) mass is 266 g/mol. The summed E-state index contributed by atoms with van der Waals surface area (Å²) >= 11 is 5.85. The number of piperidine rings is 1. The first-order chi connectivity index (χ1) is 8.83. The fourth-order valence-electron chi connectivity index (χ4n) is 2.59. The molecule has 3 rings (SSSR count). The molecule has 1 aromatic heterocycles. The molecule has 0 radical (unpaired) electrons. The molecule has 1 saturated carbocycles. The Kier molecular flexibility index (Phi) is 3.66. The molecule has 0 spiro atoms. The molecule has 1 aliphatic carbocycles. The van der Waals surface area contributed by atoms with Gasteiger partial charge in [0, 0.05) is 12.6 Å². The second-order valence-corrected chi connectivity index (χ2v) is 5.73. The summed E-state index contributed by atoms with van der Waals surface area (Å²) in [6.07, 6.45) is 8.52. The van der Waals surface area contributed by atoms with Gasteiger partial charge >= 0.3 is 0 Å². The third kappa shape index (κ3) is 2.93. The number of anilines is 1. The molecule has 98 valence electrons. The summed E-state index contributed by atoms with van der Waals surface area (Å²) in [5.41, 5.74) is 0. The minimum atomic E-state index is 0.605. The fraction of sp³-hybridized carbons (Fsp3) is 0.692. The lowest BCUT2D eigenvalue weighted by Gasteiger charge is -2.30. The lowest BCUT2D eigenvalue weighted by atomic mass is 9.99. The standard InChI is InChI=1S/C13H19ClN4/c14-11-7-16-13(17-8-11)18(12-3-4-12)9-10-2-1-5-15-6-10/h7-8,10,12,15H,1-6,9H2. The lowest BCUT2D eigenvalue weighted by molar-refractivity contribution is 0.374. The lowest BCUT2D eigenvalue weighted by Crippen LogP contribution is -2.40. The Hall–Kier alpha value is -0.870. The zero-order valence-corrected chi connectivity index (χ0v) is 11.2. The summed E-state index contributed by atoms with van der Waals surface area (Å²) < 4.78 is 0. The van der Waals surface area contributed by atoms with Crippen molar-refractivity contribution >= 4 is 17.5 Å². The molecule has 1 atom stereocenters. The highest BCUT2D eigenvalue weighted by Crippen LogP contribution is 2.31. The Balaban J connectivity index is 1.69. The van der Waals surface area contributed by atoms with Crippen molar-refractivity contribution in [3.63, 3.8) is 0 Å². The molecular weight excluding hydrogens is 248 g/mol. The maximum absolute atomic E-state index is 5.85. The minimum Gasteiger partial charge on any atom is -0.338 e. The van der Waals surface area contributed by atoms with E-state index in [1.807, 2.05) is 0 Å². The molecule has 2 heterocycles. The number of hydrogen-bond acceptors (Lipinski definition) is 4. The van der Waals surface area contributed by atoms with Gasteiger partial charge in [0.25, 0.3) is 0 Å². The van der Waals surface area contributed by atoms with Crippen molar-refractivity contribution in [2.45, 2.75) is 31.7 Å². The van der Waals surface area contributed by atoms with Gasteiger partial charge < -0.3 is 10.2 Å². The molecule has 0 aromatic carbocycles. The van der Waals surface area contributed by atoms with Crippen molar-refractivity contribution in [3.05, 3.63) is 17.4 Å². The van der Waals surface area contributed by atoms with Crippen LogP contribution in [0.15, 0.2) is 12.4 Å². The molecule has 0 amide bonds. The molecule has 2 fully saturated rings. The van der Waals surface area contributed by atoms with Crippen LogP contribution < -0.4 is 10.2 Å². The summed E-state index contributed by atoms with van der Waals surface area (Å²) in [5.74, 6) is 1.56. The number of aromatic nitrogens is 2. The highest BCUT2D eigenvalue weighted by Gasteiger charge is 2.32. The van der Waals surface area contributed by atoms with Crippen LogP contribution in [0, 0.1) is 5.92 Å². The maximum atomic E-state index is 5.85. The molecule has 1 unspecified atom stereocenters. The first-order valence-electron chi connectivity index (χ1n) is 6.78. The molecule has 1 aliphatic heterocycles. The summed E-state index contributed by atoms with van der Waals surface area (Å²) in [6.45, 7) is 3.35. The Morgan fingerprint density at radius 3 is 2.67 bits per heavy atom. The first-order valence-corrected chi connectivity index (χ1v) is 7.15. The minimum absolute atomic E-state index is 0.605. The average Bonchev–Trinajstić information content (AvgIpc) is 3.23. The van der Waals surface area contributed by atoms with Gasteiger partial charge in [-0.15, -0.1) is 0 Å². The van der Waals surface area contributed by atoms with Crippen molar-refractivity contribution in [2.24, 2.45) is 5.92 Å². The van der Waals surface area contributed by atoms with Crippen LogP contribution in [0.5, 0.6) is 0 Å². The summed E-state index contributed by atoms with van der Waals surface area (Å²) in [4.78, 5) is 11.1. The van der Waals surface area contributed by atoms with Crippen LogP contribution in [0.2, 0.25) is 5.02 Å². The molecule has 5 heteroatoms. The van der Waals surface area contributed by atoms with E-state index in [9.17, 15) is 0 Å². The Morgan fingerprint density at radius 1 is 1.28 bits per heavy atom. The van der Waals surface area contributed by atoms with E-state index in [-0.39, 0.29) is 0 Å². The maximum Gasteiger partial charge on any atom is 0.225 e. The number of rotatable bonds is 4. The average molecular weight is 267 g/mol. The Labute approximate surface area is 113 Å². The van der Waals surface area contributed by atoms with E-state index < -0.39 is 0 Å². The topological polar surface area (TPSA) is 41.1 Å². The van der Waals surface area contributed by atoms with E-state index in [0.29, 0.717) is 11.1 Å². The molecule has 4 nitrogen and oxygen atoms in total. The van der Waals surface area contributed by atoms with E-state index in [4.69, 9.17) is 11.6 Å². The van der Waals surface area contributed by atoms with Gasteiger partial charge in [-0.25, -0.2) is 9.97 Å². The van der Waals surface area contributed by atoms with Gasteiger partial charge in [-0.1, -0.05) is 11.6 Å². The van der Waals surface area contributed by atoms with Crippen molar-refractivity contribution in [2.75, 3.05) is 24.5 Å². The highest BCUT2D eigenvalue weighted by molar-refractivity contribution is 6.30. The third-order valence-corrected chi connectivity index (χ3v) is 3.90. The normalized spacial score (nSPS) is 23.9. The van der Waals surface area contributed by atoms with Crippen LogP contribution in [0.25, 0.3) is 0 Å². The number of nitrogens with one attached hydrogen (secondary N) is 1. The first kappa shape index (κ1) is 12.2. The Morgan fingerprint density at radius 2 is 2.06 bits per heavy atom. The van der Waals surface area contributed by atoms with Crippen molar-refractivity contribution in [1.29, 1.82) is 0 Å². The molecule has 2 aliphatic rings. The van der Waals surface area contributed by atoms with E-state index in [2.05, 4.69) is 20.2 Å². The van der Waals surface area contributed by atoms with Crippen molar-refractivity contribution in [3.8, 4) is 0 Å². The number of hydrogen-bond donors (Lipinski definition) is 1. The smallest absolute Gasteiger partial charge is 0.225 e. The molecular formula is C13H19ClN4. The third-order valence-electron chi connectivity index (χ3n) is 3.71. The van der Waals surface area contributed by atoms with Gasteiger partial charge in [0.05, 0.1) is 17.4 Å². The molecule has 1 saturated heterocycles. The predicted molar refractivity (Wildman–Crippen MR) is 73.0 cm³/mol. The van der Waals surface area contributed by atoms with Crippen molar-refractivity contribution < 1.29 is 0 Å². The van der Waals surface area contributed by atoms with Gasteiger partial charge in [-0.05, 0) is 44.7 Å². The molecule has 18 heavy (non-hydrogen) atoms. The second-order valence-electron chi connectivity index (χ2n) is 5.30. The largest absolute Gasteiger partial charge is 0.338 e. The van der Waals surface area contributed by atoms with Gasteiger partial charge in [-0.3, -0.25) is 0 Å². The van der Waals surface area contributed by atoms with Gasteiger partial charge in [0.15, 0.2) is 0 Å². The zero-order valence-electron chi connectivity index (χ0n) is 10.5. The van der Waals surface area contributed by atoms with Gasteiger partial charge in [-0.2, -0.15) is 0 Å². The predicted octanol–water partition coefficient (Wildman–Crippen LogP) is 2.10. The van der Waals surface area contributed by atoms with Crippen LogP contribution >= 0.6 is 11.6 Å². The van der Waals surface area contributed by atoms with Gasteiger partial charge in [0.1, 0.15) is 0 Å². The summed E-state index contributed by atoms with van der Waals surface area (Å²) in [5, 5.41) is 4.08. The molecule has 0 bridgehead atoms. The highest BCUT2D eigenvalue weighted by atomic mass is 35.5. The van der Waals surface area contributed by atoms with E-state index in [1.165, 1.54) is 25.7 Å². The summed E-state index contributed by atoms with van der Waals surface area (Å²) in [6, 6.07) is 0.646. The van der Waals surface area contributed by atoms with E-state index in [0.717, 1.165) is 31.5 Å². The molecule has 1 N–H and O–H groups in total. The molecule has 1 aromatic rings. The zero-order chi connectivity index (χ0) is 12.4. The van der Waals surface area contributed by atoms with Crippen LogP contribution in [-0.2, 0) is 0 Å².